The van der Waals surface area contributed by atoms with Gasteiger partial charge in [0.25, 0.3) is 11.5 Å². The molecule has 3 aromatic heterocycles. The summed E-state index contributed by atoms with van der Waals surface area (Å²) >= 11 is 7.67. The fourth-order valence-corrected chi connectivity index (χ4v) is 6.82. The Bertz CT molecular complexity index is 1260. The standard InChI is InChI=1S/C28H35ClN4O2S/c1-5-23(20-8-10-33(11-9-20)15-22-7-6-21(29)13-30-22)26-19(4)25(16-36-26)27(34)31-14-24-17(2)12-18(3)32-28(24)35/h6-7,12-13,16,20,23H,5,8-11,14-15H2,1-4H3,(H,31,34)(H,32,35)/t23-/m1/s1. The van der Waals surface area contributed by atoms with E-state index in [4.69, 9.17) is 11.6 Å². The number of thiophene rings is 1. The molecule has 2 N–H and O–H groups in total. The average Bonchev–Trinajstić information content (AvgIpc) is 3.22. The molecule has 192 valence electrons. The molecule has 0 spiro atoms. The lowest BCUT2D eigenvalue weighted by Crippen LogP contribution is -2.35. The number of halogens is 1. The molecule has 1 aliphatic rings. The van der Waals surface area contributed by atoms with E-state index in [0.717, 1.165) is 67.0 Å². The van der Waals surface area contributed by atoms with Crippen LogP contribution in [0.2, 0.25) is 5.02 Å². The lowest BCUT2D eigenvalue weighted by atomic mass is 9.80. The van der Waals surface area contributed by atoms with Crippen LogP contribution in [0.1, 0.15) is 75.4 Å². The number of H-pyrrole nitrogens is 1. The summed E-state index contributed by atoms with van der Waals surface area (Å²) < 4.78 is 0. The predicted molar refractivity (Wildman–Crippen MR) is 147 cm³/mol. The normalized spacial score (nSPS) is 15.7. The molecule has 1 fully saturated rings. The molecule has 8 heteroatoms. The lowest BCUT2D eigenvalue weighted by Gasteiger charge is -2.35. The Hall–Kier alpha value is -2.48. The maximum absolute atomic E-state index is 13.0. The number of aromatic amines is 1. The van der Waals surface area contributed by atoms with Gasteiger partial charge in [-0.25, -0.2) is 0 Å². The summed E-state index contributed by atoms with van der Waals surface area (Å²) in [4.78, 5) is 36.4. The Labute approximate surface area is 222 Å². The van der Waals surface area contributed by atoms with Gasteiger partial charge in [0.1, 0.15) is 0 Å². The van der Waals surface area contributed by atoms with Crippen molar-refractivity contribution in [2.75, 3.05) is 13.1 Å². The Balaban J connectivity index is 1.38. The second kappa shape index (κ2) is 11.7. The summed E-state index contributed by atoms with van der Waals surface area (Å²) in [7, 11) is 0. The molecular formula is C28H35ClN4O2S. The molecule has 1 amide bonds. The van der Waals surface area contributed by atoms with Crippen LogP contribution in [0.25, 0.3) is 0 Å². The highest BCUT2D eigenvalue weighted by atomic mass is 35.5. The number of carbonyl (C=O) groups is 1. The van der Waals surface area contributed by atoms with Crippen LogP contribution >= 0.6 is 22.9 Å². The number of carbonyl (C=O) groups excluding carboxylic acids is 1. The van der Waals surface area contributed by atoms with E-state index in [1.54, 1.807) is 17.5 Å². The number of aromatic nitrogens is 2. The molecule has 0 saturated carbocycles. The second-order valence-corrected chi connectivity index (χ2v) is 11.2. The molecule has 1 saturated heterocycles. The number of likely N-dealkylation sites (tertiary alicyclic amines) is 1. The Morgan fingerprint density at radius 3 is 2.67 bits per heavy atom. The number of aryl methyl sites for hydroxylation is 2. The molecule has 0 unspecified atom stereocenters. The zero-order valence-electron chi connectivity index (χ0n) is 21.5. The van der Waals surface area contributed by atoms with Crippen LogP contribution in [0.3, 0.4) is 0 Å². The van der Waals surface area contributed by atoms with Crippen molar-refractivity contribution >= 4 is 28.8 Å². The minimum atomic E-state index is -0.139. The first-order chi connectivity index (χ1) is 17.3. The zero-order valence-corrected chi connectivity index (χ0v) is 23.1. The highest BCUT2D eigenvalue weighted by molar-refractivity contribution is 7.10. The minimum Gasteiger partial charge on any atom is -0.348 e. The largest absolute Gasteiger partial charge is 0.348 e. The summed E-state index contributed by atoms with van der Waals surface area (Å²) in [5.74, 6) is 0.940. The van der Waals surface area contributed by atoms with E-state index in [1.165, 1.54) is 4.88 Å². The third-order valence-corrected chi connectivity index (χ3v) is 8.83. The van der Waals surface area contributed by atoms with E-state index in [2.05, 4.69) is 34.0 Å². The van der Waals surface area contributed by atoms with Gasteiger partial charge in [0.15, 0.2) is 0 Å². The third-order valence-electron chi connectivity index (χ3n) is 7.39. The molecule has 0 radical (unpaired) electrons. The van der Waals surface area contributed by atoms with Crippen molar-refractivity contribution in [1.82, 2.24) is 20.2 Å². The number of pyridine rings is 2. The SMILES string of the molecule is CC[C@@H](c1scc(C(=O)NCc2c(C)cc(C)[nH]c2=O)c1C)C1CCN(Cc2ccc(Cl)cn2)CC1. The van der Waals surface area contributed by atoms with Gasteiger partial charge < -0.3 is 10.3 Å². The van der Waals surface area contributed by atoms with E-state index in [-0.39, 0.29) is 18.0 Å². The first kappa shape index (κ1) is 26.6. The molecule has 1 aliphatic heterocycles. The van der Waals surface area contributed by atoms with Crippen LogP contribution in [0.4, 0.5) is 0 Å². The number of rotatable bonds is 8. The van der Waals surface area contributed by atoms with Crippen LogP contribution in [-0.4, -0.2) is 33.9 Å². The monoisotopic (exact) mass is 526 g/mol. The smallest absolute Gasteiger partial charge is 0.253 e. The maximum Gasteiger partial charge on any atom is 0.253 e. The molecule has 0 bridgehead atoms. The van der Waals surface area contributed by atoms with Crippen LogP contribution in [0, 0.1) is 26.7 Å². The maximum atomic E-state index is 13.0. The number of nitrogens with one attached hydrogen (secondary N) is 2. The van der Waals surface area contributed by atoms with Gasteiger partial charge in [-0.1, -0.05) is 18.5 Å². The average molecular weight is 527 g/mol. The van der Waals surface area contributed by atoms with E-state index in [1.807, 2.05) is 37.4 Å². The predicted octanol–water partition coefficient (Wildman–Crippen LogP) is 5.75. The van der Waals surface area contributed by atoms with Gasteiger partial charge in [-0.3, -0.25) is 19.5 Å². The molecule has 4 rings (SSSR count). The molecule has 6 nitrogen and oxygen atoms in total. The first-order valence-electron chi connectivity index (χ1n) is 12.6. The van der Waals surface area contributed by atoms with Crippen LogP contribution < -0.4 is 10.9 Å². The Morgan fingerprint density at radius 2 is 2.03 bits per heavy atom. The van der Waals surface area contributed by atoms with Gasteiger partial charge in [-0.15, -0.1) is 11.3 Å². The second-order valence-electron chi connectivity index (χ2n) is 9.86. The zero-order chi connectivity index (χ0) is 25.8. The number of hydrogen-bond acceptors (Lipinski definition) is 5. The summed E-state index contributed by atoms with van der Waals surface area (Å²) in [5, 5.41) is 5.62. The molecule has 4 heterocycles. The fourth-order valence-electron chi connectivity index (χ4n) is 5.36. The van der Waals surface area contributed by atoms with Crippen molar-refractivity contribution in [2.45, 2.75) is 66.0 Å². The summed E-state index contributed by atoms with van der Waals surface area (Å²) in [6, 6.07) is 5.83. The van der Waals surface area contributed by atoms with E-state index >= 15 is 0 Å². The number of nitrogens with zero attached hydrogens (tertiary/aromatic N) is 2. The third kappa shape index (κ3) is 6.07. The van der Waals surface area contributed by atoms with Crippen molar-refractivity contribution in [3.05, 3.63) is 83.7 Å². The number of hydrogen-bond donors (Lipinski definition) is 2. The highest BCUT2D eigenvalue weighted by Gasteiger charge is 2.30. The van der Waals surface area contributed by atoms with Gasteiger partial charge >= 0.3 is 0 Å². The molecular weight excluding hydrogens is 492 g/mol. The van der Waals surface area contributed by atoms with Crippen molar-refractivity contribution < 1.29 is 4.79 Å². The Morgan fingerprint density at radius 1 is 1.28 bits per heavy atom. The summed E-state index contributed by atoms with van der Waals surface area (Å²) in [5.41, 5.74) is 5.03. The van der Waals surface area contributed by atoms with Crippen LogP contribution in [-0.2, 0) is 13.1 Å². The summed E-state index contributed by atoms with van der Waals surface area (Å²) in [6.07, 6.45) is 5.05. The lowest BCUT2D eigenvalue weighted by molar-refractivity contribution is 0.0950. The van der Waals surface area contributed by atoms with Crippen molar-refractivity contribution in [1.29, 1.82) is 0 Å². The number of piperidine rings is 1. The van der Waals surface area contributed by atoms with Crippen molar-refractivity contribution in [3.63, 3.8) is 0 Å². The van der Waals surface area contributed by atoms with Crippen molar-refractivity contribution in [2.24, 2.45) is 5.92 Å². The van der Waals surface area contributed by atoms with Gasteiger partial charge in [0.2, 0.25) is 0 Å². The van der Waals surface area contributed by atoms with Gasteiger partial charge in [0, 0.05) is 40.8 Å². The topological polar surface area (TPSA) is 78.1 Å². The summed E-state index contributed by atoms with van der Waals surface area (Å²) in [6.45, 7) is 11.3. The molecule has 3 aromatic rings. The van der Waals surface area contributed by atoms with Crippen LogP contribution in [0.5, 0.6) is 0 Å². The van der Waals surface area contributed by atoms with Gasteiger partial charge in [-0.2, -0.15) is 0 Å². The molecule has 36 heavy (non-hydrogen) atoms. The van der Waals surface area contributed by atoms with E-state index < -0.39 is 0 Å². The highest BCUT2D eigenvalue weighted by Crippen LogP contribution is 2.40. The number of amides is 1. The molecule has 0 aromatic carbocycles. The van der Waals surface area contributed by atoms with E-state index in [0.29, 0.717) is 22.4 Å². The quantitative estimate of drug-likeness (QED) is 0.392. The fraction of sp³-hybridized carbons (Fsp3) is 0.464. The minimum absolute atomic E-state index is 0.116. The molecule has 1 atom stereocenters. The first-order valence-corrected chi connectivity index (χ1v) is 13.9. The van der Waals surface area contributed by atoms with E-state index in [9.17, 15) is 9.59 Å². The Kier molecular flexibility index (Phi) is 8.65. The van der Waals surface area contributed by atoms with Crippen LogP contribution in [0.15, 0.2) is 34.6 Å². The van der Waals surface area contributed by atoms with Gasteiger partial charge in [-0.05, 0) is 94.3 Å². The molecule has 0 aliphatic carbocycles. The van der Waals surface area contributed by atoms with Gasteiger partial charge in [0.05, 0.1) is 16.3 Å². The van der Waals surface area contributed by atoms with Crippen molar-refractivity contribution in [3.8, 4) is 0 Å².